The van der Waals surface area contributed by atoms with Crippen LogP contribution in [0.1, 0.15) is 11.7 Å². The molecule has 2 N–H and O–H groups in total. The van der Waals surface area contributed by atoms with E-state index in [1.54, 1.807) is 30.3 Å². The Hall–Kier alpha value is -0.680. The maximum atomic E-state index is 11.5. The lowest BCUT2D eigenvalue weighted by Crippen LogP contribution is -2.44. The van der Waals surface area contributed by atoms with Gasteiger partial charge in [0.1, 0.15) is 6.17 Å². The molecule has 2 amide bonds. The summed E-state index contributed by atoms with van der Waals surface area (Å²) in [6.07, 6.45) is -0.818. The van der Waals surface area contributed by atoms with E-state index in [0.717, 1.165) is 0 Å². The minimum atomic E-state index is -1.24. The Morgan fingerprint density at radius 1 is 0.842 bits per heavy atom. The van der Waals surface area contributed by atoms with Gasteiger partial charge in [-0.15, -0.1) is 0 Å². The Labute approximate surface area is 130 Å². The molecule has 8 heteroatoms. The minimum Gasteiger partial charge on any atom is -0.330 e. The second-order valence-corrected chi connectivity index (χ2v) is 5.65. The van der Waals surface area contributed by atoms with Crippen molar-refractivity contribution in [3.05, 3.63) is 35.9 Å². The number of rotatable bonds is 5. The van der Waals surface area contributed by atoms with Crippen LogP contribution in [0.15, 0.2) is 30.3 Å². The summed E-state index contributed by atoms with van der Waals surface area (Å²) in [5, 5.41) is 4.93. The summed E-state index contributed by atoms with van der Waals surface area (Å²) in [5.41, 5.74) is 0.632. The molecule has 1 rings (SSSR count). The number of nitrogens with one attached hydrogen (secondary N) is 2. The summed E-state index contributed by atoms with van der Waals surface area (Å²) in [6.45, 7) is 0. The summed E-state index contributed by atoms with van der Waals surface area (Å²) in [7, 11) is 0. The monoisotopic (exact) mass is 342 g/mol. The zero-order valence-corrected chi connectivity index (χ0v) is 12.5. The van der Waals surface area contributed by atoms with Gasteiger partial charge in [-0.2, -0.15) is 0 Å². The fourth-order valence-electron chi connectivity index (χ4n) is 1.26. The summed E-state index contributed by atoms with van der Waals surface area (Å²) < 4.78 is 0. The van der Waals surface area contributed by atoms with Crippen LogP contribution >= 0.6 is 46.4 Å². The van der Waals surface area contributed by atoms with Crippen molar-refractivity contribution >= 4 is 58.2 Å². The van der Waals surface area contributed by atoms with Gasteiger partial charge in [-0.25, -0.2) is 0 Å². The third-order valence-electron chi connectivity index (χ3n) is 2.10. The Morgan fingerprint density at radius 2 is 1.26 bits per heavy atom. The van der Waals surface area contributed by atoms with Crippen LogP contribution in [0.2, 0.25) is 0 Å². The average Bonchev–Trinajstić information content (AvgIpc) is 2.38. The minimum absolute atomic E-state index is 0.632. The van der Waals surface area contributed by atoms with Gasteiger partial charge in [-0.3, -0.25) is 9.59 Å². The van der Waals surface area contributed by atoms with Crippen LogP contribution in [0.4, 0.5) is 0 Å². The number of carbonyl (C=O) groups is 2. The van der Waals surface area contributed by atoms with Crippen molar-refractivity contribution in [2.24, 2.45) is 0 Å². The molecule has 0 unspecified atom stereocenters. The Balaban J connectivity index is 2.85. The third kappa shape index (κ3) is 5.45. The lowest BCUT2D eigenvalue weighted by atomic mass is 10.1. The maximum Gasteiger partial charge on any atom is 0.255 e. The second-order valence-electron chi connectivity index (χ2n) is 3.46. The lowest BCUT2D eigenvalue weighted by Gasteiger charge is -2.21. The number of hydrogen-bond acceptors (Lipinski definition) is 2. The number of halogens is 4. The smallest absolute Gasteiger partial charge is 0.255 e. The molecule has 0 aromatic heterocycles. The summed E-state index contributed by atoms with van der Waals surface area (Å²) in [5.74, 6) is -1.28. The lowest BCUT2D eigenvalue weighted by molar-refractivity contribution is -0.122. The number of carbonyl (C=O) groups excluding carboxylic acids is 2. The van der Waals surface area contributed by atoms with Crippen LogP contribution in [0.5, 0.6) is 0 Å². The first-order chi connectivity index (χ1) is 8.91. The SMILES string of the molecule is O=C(NC(NC(=O)C(Cl)Cl)c1ccccc1)C(Cl)Cl. The summed E-state index contributed by atoms with van der Waals surface area (Å²) >= 11 is 21.8. The van der Waals surface area contributed by atoms with Crippen molar-refractivity contribution in [2.45, 2.75) is 15.8 Å². The van der Waals surface area contributed by atoms with E-state index in [0.29, 0.717) is 5.56 Å². The van der Waals surface area contributed by atoms with E-state index >= 15 is 0 Å². The molecular weight excluding hydrogens is 334 g/mol. The summed E-state index contributed by atoms with van der Waals surface area (Å²) in [6, 6.07) is 8.71. The predicted molar refractivity (Wildman–Crippen MR) is 76.5 cm³/mol. The number of amides is 2. The topological polar surface area (TPSA) is 58.2 Å². The van der Waals surface area contributed by atoms with Crippen LogP contribution in [0.25, 0.3) is 0 Å². The highest BCUT2D eigenvalue weighted by Gasteiger charge is 2.22. The van der Waals surface area contributed by atoms with E-state index in [4.69, 9.17) is 46.4 Å². The molecule has 0 saturated carbocycles. The highest BCUT2D eigenvalue weighted by Crippen LogP contribution is 2.13. The average molecular weight is 344 g/mol. The first-order valence-electron chi connectivity index (χ1n) is 5.14. The van der Waals surface area contributed by atoms with Gasteiger partial charge in [-0.1, -0.05) is 76.7 Å². The van der Waals surface area contributed by atoms with Gasteiger partial charge in [0.2, 0.25) is 0 Å². The first kappa shape index (κ1) is 16.4. The molecule has 0 bridgehead atoms. The fraction of sp³-hybridized carbons (Fsp3) is 0.273. The second kappa shape index (κ2) is 7.80. The van der Waals surface area contributed by atoms with E-state index in [-0.39, 0.29) is 0 Å². The molecule has 1 aromatic rings. The molecule has 0 radical (unpaired) electrons. The zero-order valence-electron chi connectivity index (χ0n) is 9.45. The van der Waals surface area contributed by atoms with Crippen molar-refractivity contribution in [1.29, 1.82) is 0 Å². The molecule has 0 aliphatic heterocycles. The highest BCUT2D eigenvalue weighted by molar-refractivity contribution is 6.54. The quantitative estimate of drug-likeness (QED) is 0.637. The van der Waals surface area contributed by atoms with Gasteiger partial charge >= 0.3 is 0 Å². The molecular formula is C11H10Cl4N2O2. The van der Waals surface area contributed by atoms with Crippen molar-refractivity contribution in [3.63, 3.8) is 0 Å². The van der Waals surface area contributed by atoms with Gasteiger partial charge < -0.3 is 10.6 Å². The zero-order chi connectivity index (χ0) is 14.4. The van der Waals surface area contributed by atoms with Crippen LogP contribution < -0.4 is 10.6 Å². The number of alkyl halides is 4. The van der Waals surface area contributed by atoms with Gasteiger partial charge in [0, 0.05) is 0 Å². The maximum absolute atomic E-state index is 11.5. The van der Waals surface area contributed by atoms with Crippen molar-refractivity contribution in [1.82, 2.24) is 10.6 Å². The molecule has 104 valence electrons. The Bertz CT molecular complexity index is 418. The first-order valence-corrected chi connectivity index (χ1v) is 6.88. The fourth-order valence-corrected chi connectivity index (χ4v) is 1.51. The molecule has 0 aliphatic carbocycles. The molecule has 0 spiro atoms. The molecule has 1 aromatic carbocycles. The van der Waals surface area contributed by atoms with Gasteiger partial charge in [0.25, 0.3) is 11.8 Å². The van der Waals surface area contributed by atoms with E-state index in [1.165, 1.54) is 0 Å². The van der Waals surface area contributed by atoms with Gasteiger partial charge in [0.05, 0.1) is 0 Å². The number of benzene rings is 1. The van der Waals surface area contributed by atoms with Crippen LogP contribution in [-0.2, 0) is 9.59 Å². The van der Waals surface area contributed by atoms with Crippen LogP contribution in [0.3, 0.4) is 0 Å². The molecule has 4 nitrogen and oxygen atoms in total. The van der Waals surface area contributed by atoms with Crippen molar-refractivity contribution in [2.75, 3.05) is 0 Å². The molecule has 19 heavy (non-hydrogen) atoms. The Morgan fingerprint density at radius 3 is 1.63 bits per heavy atom. The predicted octanol–water partition coefficient (Wildman–Crippen LogP) is 2.53. The van der Waals surface area contributed by atoms with Gasteiger partial charge in [-0.05, 0) is 5.56 Å². The molecule has 0 aliphatic rings. The highest BCUT2D eigenvalue weighted by atomic mass is 35.5. The van der Waals surface area contributed by atoms with Crippen molar-refractivity contribution in [3.8, 4) is 0 Å². The van der Waals surface area contributed by atoms with Crippen LogP contribution in [-0.4, -0.2) is 21.5 Å². The van der Waals surface area contributed by atoms with E-state index < -0.39 is 27.7 Å². The summed E-state index contributed by atoms with van der Waals surface area (Å²) in [4.78, 5) is 20.5. The third-order valence-corrected chi connectivity index (χ3v) is 2.90. The van der Waals surface area contributed by atoms with E-state index in [2.05, 4.69) is 10.6 Å². The molecule has 0 heterocycles. The normalized spacial score (nSPS) is 10.9. The van der Waals surface area contributed by atoms with Crippen LogP contribution in [0, 0.1) is 0 Å². The van der Waals surface area contributed by atoms with E-state index in [9.17, 15) is 9.59 Å². The molecule has 0 atom stereocenters. The molecule has 0 saturated heterocycles. The van der Waals surface area contributed by atoms with E-state index in [1.807, 2.05) is 0 Å². The largest absolute Gasteiger partial charge is 0.330 e. The molecule has 0 fully saturated rings. The van der Waals surface area contributed by atoms with Crippen molar-refractivity contribution < 1.29 is 9.59 Å². The standard InChI is InChI=1S/C11H10Cl4N2O2/c12-7(13)10(18)16-9(17-11(19)8(14)15)6-4-2-1-3-5-6/h1-5,7-9H,(H,16,18)(H,17,19). The van der Waals surface area contributed by atoms with Gasteiger partial charge in [0.15, 0.2) is 9.67 Å². The Kier molecular flexibility index (Phi) is 6.72. The number of hydrogen-bond donors (Lipinski definition) is 2.